The third-order valence-electron chi connectivity index (χ3n) is 4.55. The van der Waals surface area contributed by atoms with Crippen LogP contribution in [-0.4, -0.2) is 55.1 Å². The molecule has 206 valence electrons. The highest BCUT2D eigenvalue weighted by molar-refractivity contribution is 5.75. The molecular weight excluding hydrogens is 481 g/mol. The molecule has 0 saturated heterocycles. The summed E-state index contributed by atoms with van der Waals surface area (Å²) in [5.41, 5.74) is 0.904. The van der Waals surface area contributed by atoms with Crippen LogP contribution in [0, 0.1) is 10.8 Å². The van der Waals surface area contributed by atoms with E-state index in [0.29, 0.717) is 13.0 Å². The topological polar surface area (TPSA) is 114 Å². The van der Waals surface area contributed by atoms with E-state index in [4.69, 9.17) is 19.4 Å². The van der Waals surface area contributed by atoms with E-state index in [1.807, 2.05) is 30.3 Å². The van der Waals surface area contributed by atoms with Crippen LogP contribution in [0.4, 0.5) is 18.0 Å². The Morgan fingerprint density at radius 1 is 0.944 bits per heavy atom. The number of rotatable bonds is 9. The van der Waals surface area contributed by atoms with Crippen LogP contribution >= 0.6 is 0 Å². The van der Waals surface area contributed by atoms with E-state index in [1.54, 1.807) is 0 Å². The van der Waals surface area contributed by atoms with Crippen LogP contribution in [0.1, 0.15) is 59.9 Å². The average Bonchev–Trinajstić information content (AvgIpc) is 2.73. The molecule has 1 rings (SSSR count). The fourth-order valence-corrected chi connectivity index (χ4v) is 3.12. The molecule has 0 spiro atoms. The monoisotopic (exact) mass is 520 g/mol. The van der Waals surface area contributed by atoms with E-state index < -0.39 is 24.3 Å². The number of ether oxygens (including phenoxy) is 2. The SMILES string of the molecule is COC(=O)[C@H](CC(C)(C)C)NC[C@H](CC(C)(C)C)NC(=O)OCc1ccccc1.O=C(O)C(F)(F)F. The maximum absolute atomic E-state index is 12.3. The highest BCUT2D eigenvalue weighted by Crippen LogP contribution is 2.23. The van der Waals surface area contributed by atoms with Crippen molar-refractivity contribution in [3.05, 3.63) is 35.9 Å². The predicted molar refractivity (Wildman–Crippen MR) is 129 cm³/mol. The first-order valence-electron chi connectivity index (χ1n) is 11.4. The van der Waals surface area contributed by atoms with E-state index in [1.165, 1.54) is 7.11 Å². The molecule has 0 aliphatic rings. The molecule has 0 unspecified atom stereocenters. The Kier molecular flexibility index (Phi) is 13.5. The third kappa shape index (κ3) is 16.7. The lowest BCUT2D eigenvalue weighted by atomic mass is 9.86. The Bertz CT molecular complexity index is 818. The maximum Gasteiger partial charge on any atom is 0.490 e. The molecule has 0 aromatic heterocycles. The van der Waals surface area contributed by atoms with Gasteiger partial charge in [-0.1, -0.05) is 71.9 Å². The van der Waals surface area contributed by atoms with Crippen LogP contribution in [0.15, 0.2) is 30.3 Å². The van der Waals surface area contributed by atoms with Gasteiger partial charge < -0.3 is 25.2 Å². The summed E-state index contributed by atoms with van der Waals surface area (Å²) in [7, 11) is 1.39. The highest BCUT2D eigenvalue weighted by atomic mass is 19.4. The molecule has 0 radical (unpaired) electrons. The molecule has 3 N–H and O–H groups in total. The molecular formula is C25H39F3N2O6. The first kappa shape index (κ1) is 33.2. The van der Waals surface area contributed by atoms with Crippen molar-refractivity contribution in [1.29, 1.82) is 0 Å². The molecule has 0 aliphatic heterocycles. The molecule has 1 aromatic carbocycles. The lowest BCUT2D eigenvalue weighted by Gasteiger charge is -2.30. The fraction of sp³-hybridized carbons (Fsp3) is 0.640. The summed E-state index contributed by atoms with van der Waals surface area (Å²) < 4.78 is 42.0. The summed E-state index contributed by atoms with van der Waals surface area (Å²) >= 11 is 0. The van der Waals surface area contributed by atoms with Gasteiger partial charge in [-0.15, -0.1) is 0 Å². The Morgan fingerprint density at radius 2 is 1.44 bits per heavy atom. The zero-order valence-electron chi connectivity index (χ0n) is 22.0. The molecule has 0 heterocycles. The number of alkyl carbamates (subject to hydrolysis) is 1. The van der Waals surface area contributed by atoms with Gasteiger partial charge in [0.05, 0.1) is 7.11 Å². The summed E-state index contributed by atoms with van der Waals surface area (Å²) in [5.74, 6) is -3.05. The van der Waals surface area contributed by atoms with Gasteiger partial charge in [0.25, 0.3) is 0 Å². The van der Waals surface area contributed by atoms with Crippen molar-refractivity contribution in [3.8, 4) is 0 Å². The third-order valence-corrected chi connectivity index (χ3v) is 4.55. The standard InChI is InChI=1S/C23H38N2O4.C2HF3O2/c1-22(2,3)13-18(15-24-19(20(26)28-7)14-23(4,5)6)25-21(27)29-16-17-11-9-8-10-12-17;3-2(4,5)1(6)7/h8-12,18-19,24H,13-16H2,1-7H3,(H,25,27);(H,6,7)/t18-,19-;/m0./s1. The van der Waals surface area contributed by atoms with Gasteiger partial charge in [0, 0.05) is 12.6 Å². The number of halogens is 3. The number of amides is 1. The van der Waals surface area contributed by atoms with Gasteiger partial charge in [-0.3, -0.25) is 4.79 Å². The Hall–Kier alpha value is -2.82. The summed E-state index contributed by atoms with van der Waals surface area (Å²) in [6.45, 7) is 13.3. The quantitative estimate of drug-likeness (QED) is 0.396. The van der Waals surface area contributed by atoms with Crippen molar-refractivity contribution in [3.63, 3.8) is 0 Å². The van der Waals surface area contributed by atoms with E-state index in [0.717, 1.165) is 12.0 Å². The molecule has 11 heteroatoms. The molecule has 1 aromatic rings. The lowest BCUT2D eigenvalue weighted by Crippen LogP contribution is -2.49. The molecule has 8 nitrogen and oxygen atoms in total. The molecule has 2 atom stereocenters. The first-order chi connectivity index (χ1) is 16.3. The van der Waals surface area contributed by atoms with Gasteiger partial charge in [0.15, 0.2) is 0 Å². The van der Waals surface area contributed by atoms with Crippen LogP contribution in [0.3, 0.4) is 0 Å². The number of hydrogen-bond acceptors (Lipinski definition) is 6. The smallest absolute Gasteiger partial charge is 0.475 e. The first-order valence-corrected chi connectivity index (χ1v) is 11.4. The Balaban J connectivity index is 0.00000152. The molecule has 1 amide bonds. The largest absolute Gasteiger partial charge is 0.490 e. The molecule has 0 fully saturated rings. The van der Waals surface area contributed by atoms with Gasteiger partial charge in [0.1, 0.15) is 12.6 Å². The summed E-state index contributed by atoms with van der Waals surface area (Å²) in [5, 5.41) is 13.4. The number of alkyl halides is 3. The number of nitrogens with one attached hydrogen (secondary N) is 2. The summed E-state index contributed by atoms with van der Waals surface area (Å²) in [6.07, 6.45) is -4.17. The number of esters is 1. The minimum atomic E-state index is -5.08. The lowest BCUT2D eigenvalue weighted by molar-refractivity contribution is -0.192. The molecule has 0 aliphatic carbocycles. The number of carboxylic acids is 1. The summed E-state index contributed by atoms with van der Waals surface area (Å²) in [4.78, 5) is 33.4. The van der Waals surface area contributed by atoms with Gasteiger partial charge in [0.2, 0.25) is 0 Å². The van der Waals surface area contributed by atoms with E-state index in [9.17, 15) is 22.8 Å². The van der Waals surface area contributed by atoms with Crippen LogP contribution in [0.5, 0.6) is 0 Å². The molecule has 36 heavy (non-hydrogen) atoms. The second kappa shape index (κ2) is 14.7. The van der Waals surface area contributed by atoms with Crippen molar-refractivity contribution >= 4 is 18.0 Å². The maximum atomic E-state index is 12.3. The van der Waals surface area contributed by atoms with E-state index in [-0.39, 0.29) is 29.4 Å². The average molecular weight is 521 g/mol. The van der Waals surface area contributed by atoms with E-state index >= 15 is 0 Å². The normalized spacial score (nSPS) is 13.5. The van der Waals surface area contributed by atoms with Gasteiger partial charge >= 0.3 is 24.2 Å². The zero-order valence-corrected chi connectivity index (χ0v) is 22.0. The zero-order chi connectivity index (χ0) is 28.2. The van der Waals surface area contributed by atoms with Crippen molar-refractivity contribution in [2.75, 3.05) is 13.7 Å². The van der Waals surface area contributed by atoms with Crippen molar-refractivity contribution in [2.24, 2.45) is 10.8 Å². The number of benzene rings is 1. The van der Waals surface area contributed by atoms with Gasteiger partial charge in [-0.25, -0.2) is 9.59 Å². The Morgan fingerprint density at radius 3 is 1.86 bits per heavy atom. The Labute approximate surface area is 210 Å². The number of hydrogen-bond donors (Lipinski definition) is 3. The molecule has 0 bridgehead atoms. The van der Waals surface area contributed by atoms with Crippen molar-refractivity contribution < 1.29 is 42.1 Å². The van der Waals surface area contributed by atoms with Crippen LogP contribution in [-0.2, 0) is 25.7 Å². The van der Waals surface area contributed by atoms with Crippen LogP contribution in [0.25, 0.3) is 0 Å². The number of methoxy groups -OCH3 is 1. The van der Waals surface area contributed by atoms with E-state index in [2.05, 4.69) is 52.2 Å². The number of aliphatic carboxylic acids is 1. The highest BCUT2D eigenvalue weighted by Gasteiger charge is 2.38. The summed E-state index contributed by atoms with van der Waals surface area (Å²) in [6, 6.07) is 8.96. The second-order valence-corrected chi connectivity index (χ2v) is 10.7. The molecule has 0 saturated carbocycles. The van der Waals surface area contributed by atoms with Crippen LogP contribution < -0.4 is 10.6 Å². The minimum Gasteiger partial charge on any atom is -0.475 e. The van der Waals surface area contributed by atoms with Crippen molar-refractivity contribution in [2.45, 2.75) is 79.3 Å². The fourth-order valence-electron chi connectivity index (χ4n) is 3.12. The predicted octanol–water partition coefficient (Wildman–Crippen LogP) is 4.92. The minimum absolute atomic E-state index is 0.00382. The van der Waals surface area contributed by atoms with Gasteiger partial charge in [-0.2, -0.15) is 13.2 Å². The number of carbonyl (C=O) groups is 3. The number of carbonyl (C=O) groups excluding carboxylic acids is 2. The van der Waals surface area contributed by atoms with Gasteiger partial charge in [-0.05, 0) is 29.2 Å². The second-order valence-electron chi connectivity index (χ2n) is 10.7. The van der Waals surface area contributed by atoms with Crippen molar-refractivity contribution in [1.82, 2.24) is 10.6 Å². The van der Waals surface area contributed by atoms with Crippen LogP contribution in [0.2, 0.25) is 0 Å². The number of carboxylic acid groups (broad SMARTS) is 1.